The number of anilines is 1. The van der Waals surface area contributed by atoms with E-state index in [0.29, 0.717) is 27.1 Å². The van der Waals surface area contributed by atoms with Gasteiger partial charge in [0.05, 0.1) is 7.11 Å². The molecule has 0 spiro atoms. The zero-order valence-corrected chi connectivity index (χ0v) is 20.1. The number of hydrogen-bond acceptors (Lipinski definition) is 3. The summed E-state index contributed by atoms with van der Waals surface area (Å²) in [4.78, 5) is 13.0. The number of para-hydroxylation sites is 1. The minimum absolute atomic E-state index is 0.230. The van der Waals surface area contributed by atoms with Crippen LogP contribution < -0.4 is 14.8 Å². The number of methoxy groups -OCH3 is 1. The Morgan fingerprint density at radius 2 is 1.59 bits per heavy atom. The molecule has 34 heavy (non-hydrogen) atoms. The summed E-state index contributed by atoms with van der Waals surface area (Å²) in [5.41, 5.74) is 4.24. The quantitative estimate of drug-likeness (QED) is 0.278. The molecule has 0 fully saturated rings. The first kappa shape index (κ1) is 23.7. The van der Waals surface area contributed by atoms with Crippen LogP contribution in [0.1, 0.15) is 27.0 Å². The van der Waals surface area contributed by atoms with E-state index in [1.807, 2.05) is 48.5 Å². The van der Waals surface area contributed by atoms with Crippen LogP contribution in [0.2, 0.25) is 10.0 Å². The number of carbonyl (C=O) groups excluding carboxylic acids is 1. The second kappa shape index (κ2) is 11.1. The molecule has 0 unspecified atom stereocenters. The van der Waals surface area contributed by atoms with E-state index in [2.05, 4.69) is 17.4 Å². The smallest absolute Gasteiger partial charge is 0.255 e. The molecule has 1 amide bonds. The molecule has 0 aliphatic heterocycles. The molecule has 0 aliphatic carbocycles. The Bertz CT molecular complexity index is 1290. The summed E-state index contributed by atoms with van der Waals surface area (Å²) in [5.74, 6) is 0.732. The lowest BCUT2D eigenvalue weighted by atomic mass is 10.0. The summed E-state index contributed by atoms with van der Waals surface area (Å²) in [6, 6.07) is 28.3. The van der Waals surface area contributed by atoms with Gasteiger partial charge in [-0.3, -0.25) is 4.79 Å². The molecule has 0 aromatic heterocycles. The van der Waals surface area contributed by atoms with Crippen LogP contribution in [0.25, 0.3) is 0 Å². The summed E-state index contributed by atoms with van der Waals surface area (Å²) in [5, 5.41) is 4.11. The fraction of sp³-hybridized carbons (Fsp3) is 0.107. The first-order valence-electron chi connectivity index (χ1n) is 10.7. The van der Waals surface area contributed by atoms with Crippen molar-refractivity contribution in [1.29, 1.82) is 0 Å². The van der Waals surface area contributed by atoms with Crippen molar-refractivity contribution in [2.45, 2.75) is 13.0 Å². The highest BCUT2D eigenvalue weighted by atomic mass is 35.5. The lowest BCUT2D eigenvalue weighted by molar-refractivity contribution is 0.102. The molecular formula is C28H23Cl2NO3. The maximum absolute atomic E-state index is 13.0. The van der Waals surface area contributed by atoms with Crippen LogP contribution in [0.15, 0.2) is 91.0 Å². The number of benzene rings is 4. The SMILES string of the molecule is COc1cc(C(=O)Nc2ccccc2Cc2ccccc2)ccc1OCc1ccc(Cl)cc1Cl. The van der Waals surface area contributed by atoms with Gasteiger partial charge in [-0.25, -0.2) is 0 Å². The summed E-state index contributed by atoms with van der Waals surface area (Å²) in [7, 11) is 1.54. The molecule has 0 heterocycles. The summed E-state index contributed by atoms with van der Waals surface area (Å²) in [6.07, 6.45) is 0.723. The van der Waals surface area contributed by atoms with Crippen LogP contribution in [-0.2, 0) is 13.0 Å². The van der Waals surface area contributed by atoms with Crippen molar-refractivity contribution < 1.29 is 14.3 Å². The monoisotopic (exact) mass is 491 g/mol. The number of halogens is 2. The molecule has 0 radical (unpaired) electrons. The van der Waals surface area contributed by atoms with Crippen molar-refractivity contribution in [2.24, 2.45) is 0 Å². The van der Waals surface area contributed by atoms with Gasteiger partial charge < -0.3 is 14.8 Å². The predicted molar refractivity (Wildman–Crippen MR) is 137 cm³/mol. The van der Waals surface area contributed by atoms with E-state index < -0.39 is 0 Å². The van der Waals surface area contributed by atoms with Gasteiger partial charge in [-0.1, -0.05) is 77.8 Å². The normalized spacial score (nSPS) is 10.6. The molecule has 0 aliphatic rings. The fourth-order valence-corrected chi connectivity index (χ4v) is 3.99. The van der Waals surface area contributed by atoms with Gasteiger partial charge >= 0.3 is 0 Å². The minimum atomic E-state index is -0.230. The Balaban J connectivity index is 1.48. The molecule has 0 saturated heterocycles. The van der Waals surface area contributed by atoms with Crippen molar-refractivity contribution in [2.75, 3.05) is 12.4 Å². The highest BCUT2D eigenvalue weighted by Gasteiger charge is 2.14. The van der Waals surface area contributed by atoms with E-state index >= 15 is 0 Å². The number of ether oxygens (including phenoxy) is 2. The number of nitrogens with one attached hydrogen (secondary N) is 1. The molecular weight excluding hydrogens is 469 g/mol. The molecule has 1 N–H and O–H groups in total. The van der Waals surface area contributed by atoms with Gasteiger partial charge in [0.15, 0.2) is 11.5 Å². The molecule has 6 heteroatoms. The van der Waals surface area contributed by atoms with E-state index in [9.17, 15) is 4.79 Å². The second-order valence-corrected chi connectivity index (χ2v) is 8.51. The molecule has 4 rings (SSSR count). The van der Waals surface area contributed by atoms with Crippen molar-refractivity contribution in [3.63, 3.8) is 0 Å². The Kier molecular flexibility index (Phi) is 7.73. The van der Waals surface area contributed by atoms with E-state index in [0.717, 1.165) is 23.2 Å². The summed E-state index contributed by atoms with van der Waals surface area (Å²) in [6.45, 7) is 0.241. The van der Waals surface area contributed by atoms with Gasteiger partial charge in [0.1, 0.15) is 6.61 Å². The van der Waals surface area contributed by atoms with E-state index in [1.165, 1.54) is 12.7 Å². The zero-order chi connectivity index (χ0) is 23.9. The van der Waals surface area contributed by atoms with Gasteiger partial charge in [0.25, 0.3) is 5.91 Å². The first-order valence-corrected chi connectivity index (χ1v) is 11.5. The average Bonchev–Trinajstić information content (AvgIpc) is 2.85. The van der Waals surface area contributed by atoms with Crippen LogP contribution in [0.4, 0.5) is 5.69 Å². The van der Waals surface area contributed by atoms with Crippen molar-refractivity contribution >= 4 is 34.8 Å². The van der Waals surface area contributed by atoms with Crippen LogP contribution >= 0.6 is 23.2 Å². The van der Waals surface area contributed by atoms with Crippen molar-refractivity contribution in [3.05, 3.63) is 123 Å². The minimum Gasteiger partial charge on any atom is -0.493 e. The number of amides is 1. The predicted octanol–water partition coefficient (Wildman–Crippen LogP) is 7.42. The third kappa shape index (κ3) is 5.90. The van der Waals surface area contributed by atoms with E-state index in [4.69, 9.17) is 32.7 Å². The lowest BCUT2D eigenvalue weighted by Gasteiger charge is -2.14. The van der Waals surface area contributed by atoms with Crippen LogP contribution in [0, 0.1) is 0 Å². The van der Waals surface area contributed by atoms with Gasteiger partial charge in [-0.05, 0) is 53.9 Å². The zero-order valence-electron chi connectivity index (χ0n) is 18.6. The highest BCUT2D eigenvalue weighted by molar-refractivity contribution is 6.35. The standard InChI is InChI=1S/C28H23Cl2NO3/c1-33-27-16-21(12-14-26(27)34-18-22-11-13-23(29)17-24(22)30)28(32)31-25-10-6-5-9-20(25)15-19-7-3-2-4-8-19/h2-14,16-17H,15,18H2,1H3,(H,31,32). The summed E-state index contributed by atoms with van der Waals surface area (Å²) >= 11 is 12.2. The van der Waals surface area contributed by atoms with Crippen LogP contribution in [0.3, 0.4) is 0 Å². The molecule has 4 nitrogen and oxygen atoms in total. The largest absolute Gasteiger partial charge is 0.493 e. The molecule has 0 bridgehead atoms. The first-order chi connectivity index (χ1) is 16.5. The van der Waals surface area contributed by atoms with Crippen LogP contribution in [-0.4, -0.2) is 13.0 Å². The average molecular weight is 492 g/mol. The van der Waals surface area contributed by atoms with Crippen LogP contribution in [0.5, 0.6) is 11.5 Å². The third-order valence-corrected chi connectivity index (χ3v) is 5.91. The fourth-order valence-electron chi connectivity index (χ4n) is 3.53. The van der Waals surface area contributed by atoms with Crippen molar-refractivity contribution in [1.82, 2.24) is 0 Å². The number of carbonyl (C=O) groups is 1. The lowest BCUT2D eigenvalue weighted by Crippen LogP contribution is -2.13. The molecule has 172 valence electrons. The van der Waals surface area contributed by atoms with Crippen molar-refractivity contribution in [3.8, 4) is 11.5 Å². The Hall–Kier alpha value is -3.47. The highest BCUT2D eigenvalue weighted by Crippen LogP contribution is 2.31. The molecule has 0 saturated carbocycles. The number of hydrogen-bond donors (Lipinski definition) is 1. The van der Waals surface area contributed by atoms with Gasteiger partial charge in [-0.15, -0.1) is 0 Å². The maximum atomic E-state index is 13.0. The molecule has 0 atom stereocenters. The van der Waals surface area contributed by atoms with E-state index in [-0.39, 0.29) is 12.5 Å². The Morgan fingerprint density at radius 1 is 0.824 bits per heavy atom. The Labute approximate surface area is 209 Å². The second-order valence-electron chi connectivity index (χ2n) is 7.66. The summed E-state index contributed by atoms with van der Waals surface area (Å²) < 4.78 is 11.4. The maximum Gasteiger partial charge on any atom is 0.255 e. The number of rotatable bonds is 8. The topological polar surface area (TPSA) is 47.6 Å². The third-order valence-electron chi connectivity index (χ3n) is 5.33. The van der Waals surface area contributed by atoms with Gasteiger partial charge in [-0.2, -0.15) is 0 Å². The van der Waals surface area contributed by atoms with Gasteiger partial charge in [0.2, 0.25) is 0 Å². The van der Waals surface area contributed by atoms with Gasteiger partial charge in [0, 0.05) is 26.9 Å². The molecule has 4 aromatic rings. The molecule has 4 aromatic carbocycles. The Morgan fingerprint density at radius 3 is 2.35 bits per heavy atom. The van der Waals surface area contributed by atoms with E-state index in [1.54, 1.807) is 30.3 Å².